The average Bonchev–Trinajstić information content (AvgIpc) is 2.49. The van der Waals surface area contributed by atoms with Crippen LogP contribution in [0.4, 0.5) is 5.69 Å². The van der Waals surface area contributed by atoms with Crippen LogP contribution in [0.1, 0.15) is 42.1 Å². The van der Waals surface area contributed by atoms with E-state index in [1.807, 2.05) is 19.1 Å². The van der Waals surface area contributed by atoms with Gasteiger partial charge in [0.25, 0.3) is 5.91 Å². The third-order valence-electron chi connectivity index (χ3n) is 4.23. The Bertz CT molecular complexity index is 512. The maximum absolute atomic E-state index is 12.4. The Morgan fingerprint density at radius 3 is 2.71 bits per heavy atom. The third-order valence-corrected chi connectivity index (χ3v) is 4.69. The smallest absolute Gasteiger partial charge is 0.251 e. The van der Waals surface area contributed by atoms with E-state index >= 15 is 0 Å². The van der Waals surface area contributed by atoms with E-state index < -0.39 is 0 Å². The highest BCUT2D eigenvalue weighted by molar-refractivity contribution is 9.10. The summed E-state index contributed by atoms with van der Waals surface area (Å²) in [6.07, 6.45) is 3.85. The number of amides is 1. The van der Waals surface area contributed by atoms with Crippen molar-refractivity contribution in [1.82, 2.24) is 10.2 Å². The van der Waals surface area contributed by atoms with E-state index in [1.165, 1.54) is 19.3 Å². The molecule has 1 unspecified atom stereocenters. The number of nitrogen functional groups attached to an aromatic ring is 1. The number of anilines is 1. The lowest BCUT2D eigenvalue weighted by Crippen LogP contribution is -2.44. The molecule has 4 nitrogen and oxygen atoms in total. The fraction of sp³-hybridized carbons (Fsp3) is 0.562. The highest BCUT2D eigenvalue weighted by atomic mass is 79.9. The molecule has 1 aliphatic rings. The Labute approximate surface area is 135 Å². The fourth-order valence-corrected chi connectivity index (χ4v) is 3.24. The predicted octanol–water partition coefficient (Wildman–Crippen LogP) is 2.94. The van der Waals surface area contributed by atoms with Gasteiger partial charge >= 0.3 is 0 Å². The van der Waals surface area contributed by atoms with Gasteiger partial charge in [0.2, 0.25) is 0 Å². The van der Waals surface area contributed by atoms with Gasteiger partial charge in [-0.1, -0.05) is 22.4 Å². The number of halogens is 1. The molecule has 1 fully saturated rings. The SMILES string of the molecule is Cc1c(N)cc(Br)cc1C(=O)NCC(C)N1CCCCC1. The van der Waals surface area contributed by atoms with Crippen molar-refractivity contribution >= 4 is 27.5 Å². The molecule has 1 aromatic rings. The molecule has 0 bridgehead atoms. The minimum atomic E-state index is -0.0515. The van der Waals surface area contributed by atoms with Crippen LogP contribution in [0.25, 0.3) is 0 Å². The van der Waals surface area contributed by atoms with Gasteiger partial charge in [-0.25, -0.2) is 0 Å². The number of nitrogens with one attached hydrogen (secondary N) is 1. The number of carbonyl (C=O) groups excluding carboxylic acids is 1. The molecule has 0 saturated carbocycles. The summed E-state index contributed by atoms with van der Waals surface area (Å²) >= 11 is 3.39. The number of piperidine rings is 1. The van der Waals surface area contributed by atoms with Crippen LogP contribution in [-0.2, 0) is 0 Å². The molecule has 3 N–H and O–H groups in total. The van der Waals surface area contributed by atoms with Crippen LogP contribution in [0, 0.1) is 6.92 Å². The molecule has 1 saturated heterocycles. The van der Waals surface area contributed by atoms with Gasteiger partial charge in [-0.2, -0.15) is 0 Å². The molecule has 21 heavy (non-hydrogen) atoms. The molecule has 1 amide bonds. The zero-order chi connectivity index (χ0) is 15.4. The van der Waals surface area contributed by atoms with Gasteiger partial charge in [0, 0.05) is 28.3 Å². The number of rotatable bonds is 4. The second-order valence-corrected chi connectivity index (χ2v) is 6.74. The lowest BCUT2D eigenvalue weighted by molar-refractivity contribution is 0.0929. The van der Waals surface area contributed by atoms with Crippen molar-refractivity contribution in [1.29, 1.82) is 0 Å². The average molecular weight is 354 g/mol. The van der Waals surface area contributed by atoms with Crippen molar-refractivity contribution < 1.29 is 4.79 Å². The standard InChI is InChI=1S/C16H24BrN3O/c1-11(20-6-4-3-5-7-20)10-19-16(21)14-8-13(17)9-15(18)12(14)2/h8-9,11H,3-7,10,18H2,1-2H3,(H,19,21). The minimum absolute atomic E-state index is 0.0515. The van der Waals surface area contributed by atoms with Gasteiger partial charge in [0.1, 0.15) is 0 Å². The van der Waals surface area contributed by atoms with Gasteiger partial charge in [-0.05, 0) is 57.5 Å². The van der Waals surface area contributed by atoms with E-state index in [0.29, 0.717) is 23.8 Å². The monoisotopic (exact) mass is 353 g/mol. The second-order valence-electron chi connectivity index (χ2n) is 5.82. The van der Waals surface area contributed by atoms with Crippen LogP contribution in [0.15, 0.2) is 16.6 Å². The first-order valence-corrected chi connectivity index (χ1v) is 8.36. The summed E-state index contributed by atoms with van der Waals surface area (Å²) in [5.41, 5.74) is 8.03. The van der Waals surface area contributed by atoms with Crippen LogP contribution >= 0.6 is 15.9 Å². The molecule has 1 aliphatic heterocycles. The van der Waals surface area contributed by atoms with E-state index in [0.717, 1.165) is 23.1 Å². The lowest BCUT2D eigenvalue weighted by Gasteiger charge is -2.32. The lowest BCUT2D eigenvalue weighted by atomic mass is 10.1. The normalized spacial score (nSPS) is 17.5. The number of nitrogens with zero attached hydrogens (tertiary/aromatic N) is 1. The van der Waals surface area contributed by atoms with Crippen LogP contribution in [0.2, 0.25) is 0 Å². The Morgan fingerprint density at radius 2 is 2.05 bits per heavy atom. The summed E-state index contributed by atoms with van der Waals surface area (Å²) in [7, 11) is 0. The van der Waals surface area contributed by atoms with Gasteiger partial charge in [-0.3, -0.25) is 9.69 Å². The summed E-state index contributed by atoms with van der Waals surface area (Å²) in [5.74, 6) is -0.0515. The first-order valence-electron chi connectivity index (χ1n) is 7.57. The van der Waals surface area contributed by atoms with Gasteiger partial charge < -0.3 is 11.1 Å². The summed E-state index contributed by atoms with van der Waals surface area (Å²) in [6.45, 7) is 7.00. The Morgan fingerprint density at radius 1 is 1.38 bits per heavy atom. The Kier molecular flexibility index (Phi) is 5.65. The van der Waals surface area contributed by atoms with Crippen molar-refractivity contribution in [2.75, 3.05) is 25.4 Å². The number of benzene rings is 1. The molecule has 1 atom stereocenters. The van der Waals surface area contributed by atoms with Crippen molar-refractivity contribution in [3.8, 4) is 0 Å². The summed E-state index contributed by atoms with van der Waals surface area (Å²) < 4.78 is 0.833. The van der Waals surface area contributed by atoms with Crippen LogP contribution in [-0.4, -0.2) is 36.5 Å². The topological polar surface area (TPSA) is 58.4 Å². The molecule has 1 heterocycles. The summed E-state index contributed by atoms with van der Waals surface area (Å²) in [4.78, 5) is 14.8. The van der Waals surface area contributed by atoms with Crippen molar-refractivity contribution in [3.63, 3.8) is 0 Å². The van der Waals surface area contributed by atoms with Gasteiger partial charge in [0.15, 0.2) is 0 Å². The molecule has 0 aliphatic carbocycles. The molecule has 5 heteroatoms. The fourth-order valence-electron chi connectivity index (χ4n) is 2.76. The quantitative estimate of drug-likeness (QED) is 0.818. The van der Waals surface area contributed by atoms with Crippen molar-refractivity contribution in [3.05, 3.63) is 27.7 Å². The molecule has 0 aromatic heterocycles. The Hall–Kier alpha value is -1.07. The molecule has 0 radical (unpaired) electrons. The van der Waals surface area contributed by atoms with Crippen LogP contribution in [0.3, 0.4) is 0 Å². The summed E-state index contributed by atoms with van der Waals surface area (Å²) in [5, 5.41) is 3.03. The number of nitrogens with two attached hydrogens (primary N) is 1. The van der Waals surface area contributed by atoms with E-state index in [1.54, 1.807) is 0 Å². The van der Waals surface area contributed by atoms with Gasteiger partial charge in [-0.15, -0.1) is 0 Å². The highest BCUT2D eigenvalue weighted by Crippen LogP contribution is 2.22. The third kappa shape index (κ3) is 4.20. The molecule has 1 aromatic carbocycles. The van der Waals surface area contributed by atoms with E-state index in [4.69, 9.17) is 5.73 Å². The van der Waals surface area contributed by atoms with E-state index in [9.17, 15) is 4.79 Å². The molecule has 2 rings (SSSR count). The number of likely N-dealkylation sites (tertiary alicyclic amines) is 1. The molecular formula is C16H24BrN3O. The zero-order valence-electron chi connectivity index (χ0n) is 12.8. The molecule has 0 spiro atoms. The number of carbonyl (C=O) groups is 1. The highest BCUT2D eigenvalue weighted by Gasteiger charge is 2.18. The second kappa shape index (κ2) is 7.27. The van der Waals surface area contributed by atoms with Crippen LogP contribution in [0.5, 0.6) is 0 Å². The largest absolute Gasteiger partial charge is 0.398 e. The maximum Gasteiger partial charge on any atom is 0.251 e. The molecule has 116 valence electrons. The first-order chi connectivity index (χ1) is 9.99. The maximum atomic E-state index is 12.4. The zero-order valence-corrected chi connectivity index (χ0v) is 14.4. The van der Waals surface area contributed by atoms with E-state index in [-0.39, 0.29) is 5.91 Å². The van der Waals surface area contributed by atoms with Crippen LogP contribution < -0.4 is 11.1 Å². The van der Waals surface area contributed by atoms with Gasteiger partial charge in [0.05, 0.1) is 0 Å². The first kappa shape index (κ1) is 16.3. The van der Waals surface area contributed by atoms with Crippen molar-refractivity contribution in [2.24, 2.45) is 0 Å². The number of hydrogen-bond donors (Lipinski definition) is 2. The van der Waals surface area contributed by atoms with Crippen molar-refractivity contribution in [2.45, 2.75) is 39.2 Å². The molecular weight excluding hydrogens is 330 g/mol. The summed E-state index contributed by atoms with van der Waals surface area (Å²) in [6, 6.07) is 4.02. The number of hydrogen-bond acceptors (Lipinski definition) is 3. The van der Waals surface area contributed by atoms with E-state index in [2.05, 4.69) is 33.1 Å². The predicted molar refractivity (Wildman–Crippen MR) is 90.5 cm³/mol. The minimum Gasteiger partial charge on any atom is -0.398 e. The Balaban J connectivity index is 1.95.